The molecule has 0 bridgehead atoms. The largest absolute Gasteiger partial charge is 0.357 e. The normalized spacial score (nSPS) is 11.3. The molecule has 0 saturated heterocycles. The van der Waals surface area contributed by atoms with Crippen molar-refractivity contribution in [2.45, 2.75) is 26.7 Å². The molecule has 0 atom stereocenters. The molecule has 0 spiro atoms. The van der Waals surface area contributed by atoms with E-state index in [1.54, 1.807) is 17.4 Å². The average Bonchev–Trinajstić information content (AvgIpc) is 3.12. The number of aryl methyl sites for hydroxylation is 1. The van der Waals surface area contributed by atoms with E-state index in [2.05, 4.69) is 43.0 Å². The van der Waals surface area contributed by atoms with Gasteiger partial charge in [-0.25, -0.2) is 4.98 Å². The van der Waals surface area contributed by atoms with Gasteiger partial charge in [-0.1, -0.05) is 12.1 Å². The number of thiophene rings is 1. The topological polar surface area (TPSA) is 69.6 Å². The van der Waals surface area contributed by atoms with E-state index in [1.807, 2.05) is 33.0 Å². The van der Waals surface area contributed by atoms with Gasteiger partial charge < -0.3 is 15.5 Å². The summed E-state index contributed by atoms with van der Waals surface area (Å²) in [6.07, 6.45) is 1.31. The Bertz CT molecular complexity index is 714. The third kappa shape index (κ3) is 6.84. The first-order valence-corrected chi connectivity index (χ1v) is 9.71. The smallest absolute Gasteiger partial charge is 0.227 e. The fourth-order valence-corrected chi connectivity index (χ4v) is 3.09. The van der Waals surface area contributed by atoms with E-state index < -0.39 is 0 Å². The number of nitrogens with one attached hydrogen (secondary N) is 2. The van der Waals surface area contributed by atoms with E-state index in [0.717, 1.165) is 31.2 Å². The van der Waals surface area contributed by atoms with Crippen molar-refractivity contribution in [2.75, 3.05) is 32.0 Å². The highest BCUT2D eigenvalue weighted by Crippen LogP contribution is 2.09. The van der Waals surface area contributed by atoms with E-state index >= 15 is 0 Å². The lowest BCUT2D eigenvalue weighted by molar-refractivity contribution is -0.116. The number of nitrogens with zero attached hydrogens (tertiary/aromatic N) is 3. The highest BCUT2D eigenvalue weighted by Gasteiger charge is 2.07. The van der Waals surface area contributed by atoms with Crippen LogP contribution in [0.25, 0.3) is 0 Å². The quantitative estimate of drug-likeness (QED) is 0.551. The lowest BCUT2D eigenvalue weighted by atomic mass is 10.3. The summed E-state index contributed by atoms with van der Waals surface area (Å²) in [6, 6.07) is 9.78. The maximum atomic E-state index is 12.1. The highest BCUT2D eigenvalue weighted by molar-refractivity contribution is 7.09. The van der Waals surface area contributed by atoms with Crippen LogP contribution in [-0.4, -0.2) is 48.4 Å². The minimum Gasteiger partial charge on any atom is -0.357 e. The number of hydrogen-bond donors (Lipinski definition) is 2. The third-order valence-corrected chi connectivity index (χ3v) is 4.66. The van der Waals surface area contributed by atoms with Crippen molar-refractivity contribution in [1.29, 1.82) is 0 Å². The molecule has 2 aromatic heterocycles. The second-order valence-electron chi connectivity index (χ2n) is 5.95. The lowest BCUT2D eigenvalue weighted by Crippen LogP contribution is -2.40. The van der Waals surface area contributed by atoms with Crippen LogP contribution in [0.15, 0.2) is 40.7 Å². The monoisotopic (exact) mass is 373 g/mol. The highest BCUT2D eigenvalue weighted by atomic mass is 32.1. The predicted molar refractivity (Wildman–Crippen MR) is 109 cm³/mol. The molecule has 7 heteroatoms. The van der Waals surface area contributed by atoms with Gasteiger partial charge in [0.2, 0.25) is 5.91 Å². The molecule has 0 aromatic carbocycles. The molecule has 2 aromatic rings. The summed E-state index contributed by atoms with van der Waals surface area (Å²) in [7, 11) is 2.02. The molecule has 0 saturated carbocycles. The molecule has 26 heavy (non-hydrogen) atoms. The SMILES string of the molecule is CCNC(=NCCC(=O)Nc1cccc(C)n1)N(C)CCc1cccs1. The summed E-state index contributed by atoms with van der Waals surface area (Å²) in [5.74, 6) is 1.33. The lowest BCUT2D eigenvalue weighted by Gasteiger charge is -2.21. The number of carbonyl (C=O) groups excluding carboxylic acids is 1. The number of hydrogen-bond acceptors (Lipinski definition) is 4. The zero-order chi connectivity index (χ0) is 18.8. The molecule has 0 radical (unpaired) electrons. The van der Waals surface area contributed by atoms with Crippen molar-refractivity contribution in [3.8, 4) is 0 Å². The Kier molecular flexibility index (Phi) is 8.08. The van der Waals surface area contributed by atoms with Crippen LogP contribution in [0.1, 0.15) is 23.9 Å². The molecular weight excluding hydrogens is 346 g/mol. The third-order valence-electron chi connectivity index (χ3n) is 3.73. The van der Waals surface area contributed by atoms with Gasteiger partial charge in [0.15, 0.2) is 5.96 Å². The van der Waals surface area contributed by atoms with Crippen molar-refractivity contribution in [3.05, 3.63) is 46.3 Å². The number of guanidine groups is 1. The molecule has 6 nitrogen and oxygen atoms in total. The van der Waals surface area contributed by atoms with Crippen molar-refractivity contribution in [2.24, 2.45) is 4.99 Å². The van der Waals surface area contributed by atoms with Gasteiger partial charge in [-0.2, -0.15) is 0 Å². The Morgan fingerprint density at radius 3 is 2.85 bits per heavy atom. The number of carbonyl (C=O) groups is 1. The Balaban J connectivity index is 1.82. The van der Waals surface area contributed by atoms with Crippen LogP contribution in [0, 0.1) is 6.92 Å². The molecule has 0 unspecified atom stereocenters. The van der Waals surface area contributed by atoms with E-state index in [0.29, 0.717) is 18.8 Å². The zero-order valence-electron chi connectivity index (χ0n) is 15.7. The van der Waals surface area contributed by atoms with Gasteiger partial charge in [-0.05, 0) is 43.8 Å². The number of likely N-dealkylation sites (N-methyl/N-ethyl adjacent to an activating group) is 1. The summed E-state index contributed by atoms with van der Waals surface area (Å²) in [5, 5.41) is 8.18. The van der Waals surface area contributed by atoms with Crippen LogP contribution >= 0.6 is 11.3 Å². The van der Waals surface area contributed by atoms with E-state index in [9.17, 15) is 4.79 Å². The van der Waals surface area contributed by atoms with Gasteiger partial charge in [0.25, 0.3) is 0 Å². The van der Waals surface area contributed by atoms with Gasteiger partial charge in [-0.15, -0.1) is 11.3 Å². The number of rotatable bonds is 8. The van der Waals surface area contributed by atoms with Crippen molar-refractivity contribution in [3.63, 3.8) is 0 Å². The molecule has 140 valence electrons. The Hall–Kier alpha value is -2.41. The van der Waals surface area contributed by atoms with Gasteiger partial charge in [0.05, 0.1) is 6.54 Å². The number of aliphatic imine (C=N–C) groups is 1. The molecule has 0 aliphatic rings. The molecule has 1 amide bonds. The zero-order valence-corrected chi connectivity index (χ0v) is 16.5. The minimum absolute atomic E-state index is 0.0797. The van der Waals surface area contributed by atoms with E-state index in [1.165, 1.54) is 4.88 Å². The maximum absolute atomic E-state index is 12.1. The van der Waals surface area contributed by atoms with Crippen LogP contribution in [0.3, 0.4) is 0 Å². The first-order chi connectivity index (χ1) is 12.6. The minimum atomic E-state index is -0.0797. The summed E-state index contributed by atoms with van der Waals surface area (Å²) < 4.78 is 0. The van der Waals surface area contributed by atoms with Crippen LogP contribution in [0.4, 0.5) is 5.82 Å². The van der Waals surface area contributed by atoms with E-state index in [-0.39, 0.29) is 5.91 Å². The molecule has 0 aliphatic carbocycles. The Labute approximate surface area is 159 Å². The first-order valence-electron chi connectivity index (χ1n) is 8.84. The predicted octanol–water partition coefficient (Wildman–Crippen LogP) is 2.92. The van der Waals surface area contributed by atoms with Crippen LogP contribution < -0.4 is 10.6 Å². The van der Waals surface area contributed by atoms with Gasteiger partial charge in [-0.3, -0.25) is 9.79 Å². The van der Waals surface area contributed by atoms with Crippen molar-refractivity contribution in [1.82, 2.24) is 15.2 Å². The summed E-state index contributed by atoms with van der Waals surface area (Å²) in [4.78, 5) is 24.4. The molecule has 2 N–H and O–H groups in total. The van der Waals surface area contributed by atoms with Crippen molar-refractivity contribution >= 4 is 29.0 Å². The van der Waals surface area contributed by atoms with Crippen molar-refractivity contribution < 1.29 is 4.79 Å². The molecule has 2 rings (SSSR count). The number of aromatic nitrogens is 1. The molecule has 2 heterocycles. The summed E-state index contributed by atoms with van der Waals surface area (Å²) in [6.45, 7) is 6.05. The molecular formula is C19H27N5OS. The molecule has 0 fully saturated rings. The van der Waals surface area contributed by atoms with Gasteiger partial charge >= 0.3 is 0 Å². The van der Waals surface area contributed by atoms with Crippen LogP contribution in [0.5, 0.6) is 0 Å². The number of pyridine rings is 1. The standard InChI is InChI=1S/C19H27N5OS/c1-4-20-19(24(3)13-11-16-8-6-14-26-16)21-12-10-18(25)23-17-9-5-7-15(2)22-17/h5-9,14H,4,10-13H2,1-3H3,(H,20,21)(H,22,23,25). The van der Waals surface area contributed by atoms with Gasteiger partial charge in [0.1, 0.15) is 5.82 Å². The fraction of sp³-hybridized carbons (Fsp3) is 0.421. The summed E-state index contributed by atoms with van der Waals surface area (Å²) >= 11 is 1.77. The van der Waals surface area contributed by atoms with Crippen LogP contribution in [0.2, 0.25) is 0 Å². The fourth-order valence-electron chi connectivity index (χ4n) is 2.39. The van der Waals surface area contributed by atoms with E-state index in [4.69, 9.17) is 0 Å². The van der Waals surface area contributed by atoms with Gasteiger partial charge in [0, 0.05) is 37.1 Å². The maximum Gasteiger partial charge on any atom is 0.227 e. The Morgan fingerprint density at radius 2 is 2.15 bits per heavy atom. The second-order valence-corrected chi connectivity index (χ2v) is 6.98. The van der Waals surface area contributed by atoms with Crippen LogP contribution in [-0.2, 0) is 11.2 Å². The number of amides is 1. The average molecular weight is 374 g/mol. The second kappa shape index (κ2) is 10.6. The summed E-state index contributed by atoms with van der Waals surface area (Å²) in [5.41, 5.74) is 0.877. The Morgan fingerprint density at radius 1 is 1.31 bits per heavy atom. The molecule has 0 aliphatic heterocycles. The first kappa shape index (κ1) is 19.9. The number of anilines is 1.